The van der Waals surface area contributed by atoms with Crippen molar-refractivity contribution in [2.24, 2.45) is 0 Å². The van der Waals surface area contributed by atoms with Crippen LogP contribution in [-0.2, 0) is 16.6 Å². The molecule has 6 nitrogen and oxygen atoms in total. The van der Waals surface area contributed by atoms with Crippen LogP contribution in [0.15, 0.2) is 41.6 Å². The molecule has 114 valence electrons. The SMILES string of the molecule is CCNCCn1cc(S(=O)(=O)Nc2ccc(I)cc2)cn1. The van der Waals surface area contributed by atoms with Crippen molar-refractivity contribution in [2.45, 2.75) is 18.4 Å². The molecule has 0 aliphatic heterocycles. The fourth-order valence-corrected chi connectivity index (χ4v) is 3.08. The summed E-state index contributed by atoms with van der Waals surface area (Å²) in [6.45, 7) is 4.28. The molecule has 1 aromatic carbocycles. The van der Waals surface area contributed by atoms with Gasteiger partial charge in [0.15, 0.2) is 0 Å². The smallest absolute Gasteiger partial charge is 0.265 e. The van der Waals surface area contributed by atoms with Gasteiger partial charge in [0.05, 0.1) is 12.7 Å². The highest BCUT2D eigenvalue weighted by Crippen LogP contribution is 2.16. The molecule has 0 aliphatic carbocycles. The Bertz CT molecular complexity index is 682. The molecule has 1 heterocycles. The van der Waals surface area contributed by atoms with E-state index in [0.29, 0.717) is 12.2 Å². The van der Waals surface area contributed by atoms with Crippen LogP contribution in [0.25, 0.3) is 0 Å². The summed E-state index contributed by atoms with van der Waals surface area (Å²) in [4.78, 5) is 0.164. The molecule has 2 N–H and O–H groups in total. The van der Waals surface area contributed by atoms with Crippen LogP contribution in [-0.4, -0.2) is 31.3 Å². The van der Waals surface area contributed by atoms with Crippen LogP contribution in [0.1, 0.15) is 6.92 Å². The van der Waals surface area contributed by atoms with Crippen LogP contribution in [0.5, 0.6) is 0 Å². The van der Waals surface area contributed by atoms with Crippen LogP contribution in [0.3, 0.4) is 0 Å². The molecular formula is C13H17IN4O2S. The number of hydrogen-bond acceptors (Lipinski definition) is 4. The number of nitrogens with one attached hydrogen (secondary N) is 2. The molecule has 0 saturated heterocycles. The first kappa shape index (κ1) is 16.2. The van der Waals surface area contributed by atoms with E-state index in [1.54, 1.807) is 16.8 Å². The lowest BCUT2D eigenvalue weighted by Gasteiger charge is -2.06. The Morgan fingerprint density at radius 3 is 2.67 bits per heavy atom. The Labute approximate surface area is 138 Å². The zero-order valence-electron chi connectivity index (χ0n) is 11.6. The van der Waals surface area contributed by atoms with Gasteiger partial charge < -0.3 is 5.32 Å². The first-order valence-corrected chi connectivity index (χ1v) is 9.09. The molecule has 8 heteroatoms. The summed E-state index contributed by atoms with van der Waals surface area (Å²) < 4.78 is 29.7. The van der Waals surface area contributed by atoms with Crippen LogP contribution >= 0.6 is 22.6 Å². The normalized spacial score (nSPS) is 11.5. The van der Waals surface area contributed by atoms with Crippen LogP contribution in [0.2, 0.25) is 0 Å². The second-order valence-corrected chi connectivity index (χ2v) is 7.33. The number of likely N-dealkylation sites (N-methyl/N-ethyl adjacent to an activating group) is 1. The minimum atomic E-state index is -3.59. The molecule has 0 fully saturated rings. The van der Waals surface area contributed by atoms with Gasteiger partial charge in [-0.25, -0.2) is 8.42 Å². The van der Waals surface area contributed by atoms with Crippen molar-refractivity contribution in [2.75, 3.05) is 17.8 Å². The van der Waals surface area contributed by atoms with Gasteiger partial charge in [-0.05, 0) is 53.4 Å². The van der Waals surface area contributed by atoms with Gasteiger partial charge in [0.2, 0.25) is 0 Å². The highest BCUT2D eigenvalue weighted by Gasteiger charge is 2.16. The topological polar surface area (TPSA) is 76.0 Å². The number of benzene rings is 1. The van der Waals surface area contributed by atoms with Gasteiger partial charge in [-0.2, -0.15) is 5.10 Å². The lowest BCUT2D eigenvalue weighted by molar-refractivity contribution is 0.564. The second kappa shape index (κ2) is 7.23. The van der Waals surface area contributed by atoms with Gasteiger partial charge in [0.1, 0.15) is 4.90 Å². The average molecular weight is 420 g/mol. The molecule has 0 radical (unpaired) electrons. The third kappa shape index (κ3) is 4.68. The fraction of sp³-hybridized carbons (Fsp3) is 0.308. The average Bonchev–Trinajstić information content (AvgIpc) is 2.91. The van der Waals surface area contributed by atoms with Crippen molar-refractivity contribution in [1.29, 1.82) is 0 Å². The second-order valence-electron chi connectivity index (χ2n) is 4.41. The van der Waals surface area contributed by atoms with Crippen molar-refractivity contribution in [3.8, 4) is 0 Å². The van der Waals surface area contributed by atoms with Crippen LogP contribution < -0.4 is 10.0 Å². The quantitative estimate of drug-likeness (QED) is 0.530. The standard InChI is InChI=1S/C13H17IN4O2S/c1-2-15-7-8-18-10-13(9-16-18)21(19,20)17-12-5-3-11(14)4-6-12/h3-6,9-10,15,17H,2,7-8H2,1H3. The van der Waals surface area contributed by atoms with Gasteiger partial charge in [-0.1, -0.05) is 6.92 Å². The van der Waals surface area contributed by atoms with Crippen molar-refractivity contribution in [3.05, 3.63) is 40.2 Å². The summed E-state index contributed by atoms with van der Waals surface area (Å²) in [5.41, 5.74) is 0.538. The molecule has 1 aromatic heterocycles. The van der Waals surface area contributed by atoms with Crippen LogP contribution in [0.4, 0.5) is 5.69 Å². The van der Waals surface area contributed by atoms with Gasteiger partial charge in [-0.3, -0.25) is 9.40 Å². The minimum Gasteiger partial charge on any atom is -0.315 e. The van der Waals surface area contributed by atoms with E-state index >= 15 is 0 Å². The van der Waals surface area contributed by atoms with Gasteiger partial charge >= 0.3 is 0 Å². The first-order chi connectivity index (χ1) is 10.0. The number of anilines is 1. The maximum atomic E-state index is 12.2. The number of sulfonamides is 1. The lowest BCUT2D eigenvalue weighted by atomic mass is 10.3. The molecule has 0 saturated carbocycles. The van der Waals surface area contributed by atoms with E-state index in [2.05, 4.69) is 37.7 Å². The highest BCUT2D eigenvalue weighted by molar-refractivity contribution is 14.1. The predicted molar refractivity (Wildman–Crippen MR) is 90.7 cm³/mol. The van der Waals surface area contributed by atoms with E-state index in [0.717, 1.165) is 16.7 Å². The zero-order valence-corrected chi connectivity index (χ0v) is 14.6. The monoisotopic (exact) mass is 420 g/mol. The third-order valence-electron chi connectivity index (χ3n) is 2.78. The molecule has 0 unspecified atom stereocenters. The Hall–Kier alpha value is -1.13. The fourth-order valence-electron chi connectivity index (χ4n) is 1.71. The van der Waals surface area contributed by atoms with E-state index in [-0.39, 0.29) is 4.90 Å². The number of hydrogen-bond donors (Lipinski definition) is 2. The van der Waals surface area contributed by atoms with Crippen molar-refractivity contribution < 1.29 is 8.42 Å². The maximum absolute atomic E-state index is 12.2. The maximum Gasteiger partial charge on any atom is 0.265 e. The molecule has 21 heavy (non-hydrogen) atoms. The number of nitrogens with zero attached hydrogens (tertiary/aromatic N) is 2. The molecule has 0 aliphatic rings. The van der Waals surface area contributed by atoms with Gasteiger partial charge in [-0.15, -0.1) is 0 Å². The summed E-state index contributed by atoms with van der Waals surface area (Å²) in [7, 11) is -3.59. The van der Waals surface area contributed by atoms with E-state index in [9.17, 15) is 8.42 Å². The largest absolute Gasteiger partial charge is 0.315 e. The molecule has 2 rings (SSSR count). The summed E-state index contributed by atoms with van der Waals surface area (Å²) in [6.07, 6.45) is 2.90. The van der Waals surface area contributed by atoms with Crippen molar-refractivity contribution >= 4 is 38.3 Å². The minimum absolute atomic E-state index is 0.164. The van der Waals surface area contributed by atoms with E-state index in [1.165, 1.54) is 12.4 Å². The summed E-state index contributed by atoms with van der Waals surface area (Å²) in [5, 5.41) is 7.23. The molecule has 0 bridgehead atoms. The first-order valence-electron chi connectivity index (χ1n) is 6.53. The third-order valence-corrected chi connectivity index (χ3v) is 4.84. The molecular weight excluding hydrogens is 403 g/mol. The summed E-state index contributed by atoms with van der Waals surface area (Å²) >= 11 is 2.17. The van der Waals surface area contributed by atoms with Crippen LogP contribution in [0, 0.1) is 3.57 Å². The van der Waals surface area contributed by atoms with E-state index < -0.39 is 10.0 Å². The number of aromatic nitrogens is 2. The van der Waals surface area contributed by atoms with Gasteiger partial charge in [0, 0.05) is 22.0 Å². The Morgan fingerprint density at radius 1 is 1.29 bits per heavy atom. The molecule has 2 aromatic rings. The molecule has 0 atom stereocenters. The number of rotatable bonds is 7. The van der Waals surface area contributed by atoms with Crippen molar-refractivity contribution in [1.82, 2.24) is 15.1 Å². The predicted octanol–water partition coefficient (Wildman–Crippen LogP) is 1.90. The number of halogens is 1. The van der Waals surface area contributed by atoms with Crippen molar-refractivity contribution in [3.63, 3.8) is 0 Å². The van der Waals surface area contributed by atoms with E-state index in [4.69, 9.17) is 0 Å². The molecule has 0 amide bonds. The Balaban J connectivity index is 2.07. The Morgan fingerprint density at radius 2 is 2.00 bits per heavy atom. The Kier molecular flexibility index (Phi) is 5.59. The van der Waals surface area contributed by atoms with E-state index in [1.807, 2.05) is 19.1 Å². The lowest BCUT2D eigenvalue weighted by Crippen LogP contribution is -2.19. The summed E-state index contributed by atoms with van der Waals surface area (Å²) in [5.74, 6) is 0. The highest BCUT2D eigenvalue weighted by atomic mass is 127. The molecule has 0 spiro atoms. The zero-order chi connectivity index (χ0) is 15.3. The summed E-state index contributed by atoms with van der Waals surface area (Å²) in [6, 6.07) is 7.15. The van der Waals surface area contributed by atoms with Gasteiger partial charge in [0.25, 0.3) is 10.0 Å².